The molecule has 3 amide bonds. The van der Waals surface area contributed by atoms with Crippen molar-refractivity contribution in [3.05, 3.63) is 34.3 Å². The molecule has 0 fully saturated rings. The van der Waals surface area contributed by atoms with Gasteiger partial charge in [0.2, 0.25) is 6.79 Å². The zero-order valence-electron chi connectivity index (χ0n) is 10.4. The van der Waals surface area contributed by atoms with Crippen LogP contribution in [0.15, 0.2) is 24.4 Å². The minimum atomic E-state index is -0.691. The largest absolute Gasteiger partial charge is 0.454 e. The van der Waals surface area contributed by atoms with Crippen molar-refractivity contribution < 1.29 is 19.1 Å². The Morgan fingerprint density at radius 2 is 2.10 bits per heavy atom. The van der Waals surface area contributed by atoms with Gasteiger partial charge in [0, 0.05) is 5.56 Å². The number of fused-ring (bicyclic) bond motifs is 1. The first-order valence-electron chi connectivity index (χ1n) is 5.75. The number of carbonyl (C=O) groups is 2. The fourth-order valence-electron chi connectivity index (χ4n) is 1.65. The number of imide groups is 1. The van der Waals surface area contributed by atoms with Gasteiger partial charge in [-0.2, -0.15) is 0 Å². The summed E-state index contributed by atoms with van der Waals surface area (Å²) in [5.41, 5.74) is 0.284. The molecule has 1 aromatic heterocycles. The quantitative estimate of drug-likeness (QED) is 0.885. The summed E-state index contributed by atoms with van der Waals surface area (Å²) < 4.78 is 10.7. The highest BCUT2D eigenvalue weighted by Gasteiger charge is 2.17. The summed E-state index contributed by atoms with van der Waals surface area (Å²) in [7, 11) is 0. The summed E-state index contributed by atoms with van der Waals surface area (Å²) in [6, 6.07) is 3.96. The second-order valence-corrected chi connectivity index (χ2v) is 5.61. The van der Waals surface area contributed by atoms with Crippen molar-refractivity contribution in [3.8, 4) is 11.5 Å². The molecular weight excluding hydrogens is 318 g/mol. The van der Waals surface area contributed by atoms with Gasteiger partial charge in [-0.1, -0.05) is 22.9 Å². The van der Waals surface area contributed by atoms with E-state index in [4.69, 9.17) is 21.1 Å². The van der Waals surface area contributed by atoms with Gasteiger partial charge in [0.1, 0.15) is 4.34 Å². The maximum atomic E-state index is 11.9. The molecule has 1 aromatic carbocycles. The van der Waals surface area contributed by atoms with Crippen LogP contribution in [0, 0.1) is 0 Å². The van der Waals surface area contributed by atoms with E-state index in [0.717, 1.165) is 11.3 Å². The number of rotatable bonds is 2. The first-order valence-corrected chi connectivity index (χ1v) is 6.94. The van der Waals surface area contributed by atoms with E-state index in [9.17, 15) is 9.59 Å². The smallest absolute Gasteiger partial charge is 0.327 e. The number of nitrogens with zero attached hydrogens (tertiary/aromatic N) is 1. The average molecular weight is 326 g/mol. The third kappa shape index (κ3) is 3.06. The Hall–Kier alpha value is -2.32. The van der Waals surface area contributed by atoms with E-state index in [0.29, 0.717) is 21.0 Å². The standard InChI is InChI=1S/C12H8ClN3O4S/c13-9-4-14-12(21-9)16-11(18)15-10(17)6-1-2-7-8(3-6)20-5-19-7/h1-4H,5H2,(H2,14,15,16,17,18). The summed E-state index contributed by atoms with van der Waals surface area (Å²) in [5, 5.41) is 4.90. The molecule has 9 heteroatoms. The van der Waals surface area contributed by atoms with Crippen molar-refractivity contribution in [3.63, 3.8) is 0 Å². The molecule has 1 aliphatic heterocycles. The fourth-order valence-corrected chi connectivity index (χ4v) is 2.46. The zero-order valence-corrected chi connectivity index (χ0v) is 12.0. The van der Waals surface area contributed by atoms with Crippen LogP contribution in [-0.4, -0.2) is 23.7 Å². The van der Waals surface area contributed by atoms with Gasteiger partial charge in [0.25, 0.3) is 5.91 Å². The summed E-state index contributed by atoms with van der Waals surface area (Å²) in [6.45, 7) is 0.117. The van der Waals surface area contributed by atoms with Crippen LogP contribution in [0.5, 0.6) is 11.5 Å². The van der Waals surface area contributed by atoms with Crippen LogP contribution in [-0.2, 0) is 0 Å². The number of urea groups is 1. The van der Waals surface area contributed by atoms with Gasteiger partial charge in [-0.15, -0.1) is 0 Å². The number of amides is 3. The maximum absolute atomic E-state index is 11.9. The Morgan fingerprint density at radius 3 is 2.86 bits per heavy atom. The monoisotopic (exact) mass is 325 g/mol. The lowest BCUT2D eigenvalue weighted by molar-refractivity contribution is 0.0966. The number of benzene rings is 1. The van der Waals surface area contributed by atoms with Crippen molar-refractivity contribution >= 4 is 40.0 Å². The Labute approximate surface area is 127 Å². The number of aromatic nitrogens is 1. The van der Waals surface area contributed by atoms with E-state index in [1.165, 1.54) is 18.3 Å². The van der Waals surface area contributed by atoms with Gasteiger partial charge in [-0.05, 0) is 18.2 Å². The molecule has 0 spiro atoms. The van der Waals surface area contributed by atoms with Gasteiger partial charge in [-0.25, -0.2) is 9.78 Å². The lowest BCUT2D eigenvalue weighted by atomic mass is 10.2. The van der Waals surface area contributed by atoms with Gasteiger partial charge in [-0.3, -0.25) is 15.4 Å². The molecule has 108 valence electrons. The Balaban J connectivity index is 1.64. The Bertz CT molecular complexity index is 718. The second kappa shape index (κ2) is 5.58. The average Bonchev–Trinajstić information content (AvgIpc) is 3.06. The highest BCUT2D eigenvalue weighted by Crippen LogP contribution is 2.32. The van der Waals surface area contributed by atoms with Gasteiger partial charge >= 0.3 is 6.03 Å². The number of thiazole rings is 1. The fraction of sp³-hybridized carbons (Fsp3) is 0.0833. The first kappa shape index (κ1) is 13.7. The van der Waals surface area contributed by atoms with Crippen LogP contribution in [0.4, 0.5) is 9.93 Å². The molecule has 2 heterocycles. The van der Waals surface area contributed by atoms with Crippen LogP contribution >= 0.6 is 22.9 Å². The third-order valence-corrected chi connectivity index (χ3v) is 3.59. The molecule has 0 aliphatic carbocycles. The Morgan fingerprint density at radius 1 is 1.29 bits per heavy atom. The molecule has 3 rings (SSSR count). The van der Waals surface area contributed by atoms with E-state index in [1.54, 1.807) is 6.07 Å². The van der Waals surface area contributed by atoms with E-state index in [1.807, 2.05) is 0 Å². The molecule has 2 aromatic rings. The SMILES string of the molecule is O=C(NC(=O)c1ccc2c(c1)OCO2)Nc1ncc(Cl)s1. The molecule has 21 heavy (non-hydrogen) atoms. The second-order valence-electron chi connectivity index (χ2n) is 3.95. The molecule has 2 N–H and O–H groups in total. The first-order chi connectivity index (χ1) is 10.1. The molecular formula is C12H8ClN3O4S. The number of hydrogen-bond donors (Lipinski definition) is 2. The van der Waals surface area contributed by atoms with Gasteiger partial charge < -0.3 is 9.47 Å². The number of ether oxygens (including phenoxy) is 2. The van der Waals surface area contributed by atoms with Crippen molar-refractivity contribution in [1.82, 2.24) is 10.3 Å². The number of hydrogen-bond acceptors (Lipinski definition) is 6. The summed E-state index contributed by atoms with van der Waals surface area (Å²) in [5.74, 6) is 0.469. The van der Waals surface area contributed by atoms with Crippen LogP contribution in [0.25, 0.3) is 0 Å². The molecule has 0 bridgehead atoms. The van der Waals surface area contributed by atoms with E-state index in [2.05, 4.69) is 15.6 Å². The number of anilines is 1. The highest BCUT2D eigenvalue weighted by molar-refractivity contribution is 7.19. The van der Waals surface area contributed by atoms with Crippen molar-refractivity contribution in [2.45, 2.75) is 0 Å². The lowest BCUT2D eigenvalue weighted by Crippen LogP contribution is -2.34. The molecule has 7 nitrogen and oxygen atoms in total. The third-order valence-electron chi connectivity index (χ3n) is 2.56. The minimum Gasteiger partial charge on any atom is -0.454 e. The maximum Gasteiger partial charge on any atom is 0.327 e. The van der Waals surface area contributed by atoms with Gasteiger partial charge in [0.05, 0.1) is 6.20 Å². The molecule has 0 atom stereocenters. The lowest BCUT2D eigenvalue weighted by Gasteiger charge is -2.05. The van der Waals surface area contributed by atoms with Crippen LogP contribution in [0.2, 0.25) is 4.34 Å². The molecule has 0 unspecified atom stereocenters. The number of carbonyl (C=O) groups excluding carboxylic acids is 2. The van der Waals surface area contributed by atoms with Crippen LogP contribution in [0.3, 0.4) is 0 Å². The minimum absolute atomic E-state index is 0.117. The van der Waals surface area contributed by atoms with Crippen molar-refractivity contribution in [1.29, 1.82) is 0 Å². The molecule has 1 aliphatic rings. The summed E-state index contributed by atoms with van der Waals surface area (Å²) in [6.07, 6.45) is 1.40. The van der Waals surface area contributed by atoms with E-state index in [-0.39, 0.29) is 12.4 Å². The normalized spacial score (nSPS) is 12.0. The van der Waals surface area contributed by atoms with Crippen LogP contribution in [0.1, 0.15) is 10.4 Å². The predicted molar refractivity (Wildman–Crippen MR) is 76.2 cm³/mol. The van der Waals surface area contributed by atoms with E-state index < -0.39 is 11.9 Å². The summed E-state index contributed by atoms with van der Waals surface area (Å²) in [4.78, 5) is 27.5. The van der Waals surface area contributed by atoms with Crippen molar-refractivity contribution in [2.75, 3.05) is 12.1 Å². The highest BCUT2D eigenvalue weighted by atomic mass is 35.5. The molecule has 0 saturated heterocycles. The predicted octanol–water partition coefficient (Wildman–Crippen LogP) is 2.49. The van der Waals surface area contributed by atoms with E-state index >= 15 is 0 Å². The number of halogens is 1. The number of nitrogens with one attached hydrogen (secondary N) is 2. The van der Waals surface area contributed by atoms with Crippen molar-refractivity contribution in [2.24, 2.45) is 0 Å². The molecule has 0 radical (unpaired) electrons. The Kier molecular flexibility index (Phi) is 3.63. The topological polar surface area (TPSA) is 89.6 Å². The molecule has 0 saturated carbocycles. The van der Waals surface area contributed by atoms with Gasteiger partial charge in [0.15, 0.2) is 16.6 Å². The zero-order chi connectivity index (χ0) is 14.8. The van der Waals surface area contributed by atoms with Crippen LogP contribution < -0.4 is 20.1 Å². The summed E-state index contributed by atoms with van der Waals surface area (Å²) >= 11 is 6.78.